The molecule has 1 fully saturated rings. The molecule has 1 atom stereocenters. The minimum Gasteiger partial charge on any atom is -0.339 e. The van der Waals surface area contributed by atoms with Crippen molar-refractivity contribution in [1.29, 1.82) is 0 Å². The van der Waals surface area contributed by atoms with Crippen LogP contribution in [0, 0.1) is 6.92 Å². The lowest BCUT2D eigenvalue weighted by atomic mass is 10.2. The number of hydrogen-bond donors (Lipinski definition) is 1. The van der Waals surface area contributed by atoms with Crippen molar-refractivity contribution >= 4 is 11.8 Å². The quantitative estimate of drug-likeness (QED) is 0.899. The van der Waals surface area contributed by atoms with Crippen LogP contribution >= 0.6 is 11.8 Å². The average molecular weight is 277 g/mol. The lowest BCUT2D eigenvalue weighted by molar-refractivity contribution is 0.363. The fourth-order valence-electron chi connectivity index (χ4n) is 1.98. The van der Waals surface area contributed by atoms with E-state index in [2.05, 4.69) is 25.4 Å². The predicted molar refractivity (Wildman–Crippen MR) is 72.9 cm³/mol. The van der Waals surface area contributed by atoms with Gasteiger partial charge in [0, 0.05) is 36.7 Å². The zero-order valence-electron chi connectivity index (χ0n) is 10.7. The maximum absolute atomic E-state index is 5.29. The van der Waals surface area contributed by atoms with Crippen molar-refractivity contribution in [2.45, 2.75) is 19.4 Å². The zero-order valence-corrected chi connectivity index (χ0v) is 11.5. The van der Waals surface area contributed by atoms with Crippen LogP contribution in [0.4, 0.5) is 0 Å². The maximum atomic E-state index is 5.29. The van der Waals surface area contributed by atoms with Gasteiger partial charge < -0.3 is 9.84 Å². The summed E-state index contributed by atoms with van der Waals surface area (Å²) in [6.07, 6.45) is 2.47. The van der Waals surface area contributed by atoms with Gasteiger partial charge >= 0.3 is 0 Å². The van der Waals surface area contributed by atoms with Crippen molar-refractivity contribution < 1.29 is 4.52 Å². The molecule has 2 aromatic rings. The molecule has 19 heavy (non-hydrogen) atoms. The van der Waals surface area contributed by atoms with E-state index in [0.717, 1.165) is 18.7 Å². The minimum atomic E-state index is 0.416. The zero-order chi connectivity index (χ0) is 13.1. The van der Waals surface area contributed by atoms with Gasteiger partial charge in [-0.3, -0.25) is 0 Å². The Morgan fingerprint density at radius 3 is 3.21 bits per heavy atom. The van der Waals surface area contributed by atoms with Gasteiger partial charge in [-0.1, -0.05) is 5.16 Å². The monoisotopic (exact) mass is 277 g/mol. The molecule has 7 heteroatoms. The molecule has 1 unspecified atom stereocenters. The fraction of sp³-hybridized carbons (Fsp3) is 0.500. The van der Waals surface area contributed by atoms with E-state index in [0.29, 0.717) is 29.3 Å². The molecule has 0 radical (unpaired) electrons. The van der Waals surface area contributed by atoms with Gasteiger partial charge in [0.05, 0.1) is 0 Å². The van der Waals surface area contributed by atoms with Gasteiger partial charge in [-0.05, 0) is 13.0 Å². The van der Waals surface area contributed by atoms with Gasteiger partial charge in [0.15, 0.2) is 0 Å². The SMILES string of the molecule is Cc1nccc(-c2noc(CC3CSCCN3)n2)n1. The lowest BCUT2D eigenvalue weighted by Gasteiger charge is -2.21. The Morgan fingerprint density at radius 1 is 1.47 bits per heavy atom. The second-order valence-electron chi connectivity index (χ2n) is 4.43. The molecule has 0 aromatic carbocycles. The highest BCUT2D eigenvalue weighted by atomic mass is 32.2. The van der Waals surface area contributed by atoms with E-state index in [1.807, 2.05) is 18.7 Å². The van der Waals surface area contributed by atoms with Gasteiger partial charge in [-0.25, -0.2) is 9.97 Å². The third-order valence-corrected chi connectivity index (χ3v) is 4.02. The van der Waals surface area contributed by atoms with Crippen LogP contribution in [-0.4, -0.2) is 44.2 Å². The van der Waals surface area contributed by atoms with Gasteiger partial charge in [0.2, 0.25) is 11.7 Å². The van der Waals surface area contributed by atoms with Crippen molar-refractivity contribution in [2.24, 2.45) is 0 Å². The lowest BCUT2D eigenvalue weighted by Crippen LogP contribution is -2.38. The fourth-order valence-corrected chi connectivity index (χ4v) is 2.93. The van der Waals surface area contributed by atoms with Crippen LogP contribution in [0.3, 0.4) is 0 Å². The topological polar surface area (TPSA) is 76.7 Å². The second kappa shape index (κ2) is 5.66. The Bertz CT molecular complexity index is 553. The van der Waals surface area contributed by atoms with Crippen LogP contribution in [-0.2, 0) is 6.42 Å². The Hall–Kier alpha value is -1.47. The molecular formula is C12H15N5OS. The van der Waals surface area contributed by atoms with Crippen molar-refractivity contribution in [3.05, 3.63) is 24.0 Å². The van der Waals surface area contributed by atoms with Crippen LogP contribution in [0.25, 0.3) is 11.5 Å². The van der Waals surface area contributed by atoms with Gasteiger partial charge in [0.1, 0.15) is 11.5 Å². The van der Waals surface area contributed by atoms with Crippen molar-refractivity contribution in [3.8, 4) is 11.5 Å². The highest BCUT2D eigenvalue weighted by Gasteiger charge is 2.18. The highest BCUT2D eigenvalue weighted by molar-refractivity contribution is 7.99. The van der Waals surface area contributed by atoms with Gasteiger partial charge in [-0.15, -0.1) is 0 Å². The third-order valence-electron chi connectivity index (χ3n) is 2.89. The number of thioether (sulfide) groups is 1. The van der Waals surface area contributed by atoms with Gasteiger partial charge in [0.25, 0.3) is 0 Å². The Kier molecular flexibility index (Phi) is 3.74. The first-order valence-electron chi connectivity index (χ1n) is 6.25. The number of nitrogens with one attached hydrogen (secondary N) is 1. The van der Waals surface area contributed by atoms with E-state index in [1.165, 1.54) is 5.75 Å². The van der Waals surface area contributed by atoms with E-state index >= 15 is 0 Å². The number of aryl methyl sites for hydroxylation is 1. The van der Waals surface area contributed by atoms with Crippen LogP contribution in [0.2, 0.25) is 0 Å². The van der Waals surface area contributed by atoms with Crippen molar-refractivity contribution in [3.63, 3.8) is 0 Å². The molecular weight excluding hydrogens is 262 g/mol. The van der Waals surface area contributed by atoms with E-state index in [9.17, 15) is 0 Å². The summed E-state index contributed by atoms with van der Waals surface area (Å²) in [7, 11) is 0. The Balaban J connectivity index is 1.72. The summed E-state index contributed by atoms with van der Waals surface area (Å²) in [5.41, 5.74) is 0.702. The first-order chi connectivity index (χ1) is 9.31. The molecule has 0 saturated carbocycles. The molecule has 3 rings (SSSR count). The van der Waals surface area contributed by atoms with Crippen molar-refractivity contribution in [2.75, 3.05) is 18.1 Å². The van der Waals surface area contributed by atoms with Crippen molar-refractivity contribution in [1.82, 2.24) is 25.4 Å². The number of nitrogens with zero attached hydrogens (tertiary/aromatic N) is 4. The molecule has 0 aliphatic carbocycles. The summed E-state index contributed by atoms with van der Waals surface area (Å²) in [5.74, 6) is 4.15. The summed E-state index contributed by atoms with van der Waals surface area (Å²) < 4.78 is 5.29. The van der Waals surface area contributed by atoms with Gasteiger partial charge in [-0.2, -0.15) is 16.7 Å². The first kappa shape index (κ1) is 12.6. The summed E-state index contributed by atoms with van der Waals surface area (Å²) in [6, 6.07) is 2.20. The smallest absolute Gasteiger partial charge is 0.228 e. The van der Waals surface area contributed by atoms with E-state index in [1.54, 1.807) is 12.3 Å². The molecule has 100 valence electrons. The highest BCUT2D eigenvalue weighted by Crippen LogP contribution is 2.15. The molecule has 1 aliphatic rings. The second-order valence-corrected chi connectivity index (χ2v) is 5.58. The van der Waals surface area contributed by atoms with Crippen LogP contribution in [0.1, 0.15) is 11.7 Å². The number of aromatic nitrogens is 4. The Morgan fingerprint density at radius 2 is 2.42 bits per heavy atom. The number of hydrogen-bond acceptors (Lipinski definition) is 7. The van der Waals surface area contributed by atoms with Crippen LogP contribution in [0.15, 0.2) is 16.8 Å². The Labute approximate surface area is 115 Å². The maximum Gasteiger partial charge on any atom is 0.228 e. The third kappa shape index (κ3) is 3.10. The first-order valence-corrected chi connectivity index (χ1v) is 7.40. The molecule has 2 aromatic heterocycles. The minimum absolute atomic E-state index is 0.416. The summed E-state index contributed by atoms with van der Waals surface area (Å²) in [4.78, 5) is 12.7. The van der Waals surface area contributed by atoms with Crippen LogP contribution in [0.5, 0.6) is 0 Å². The molecule has 6 nitrogen and oxygen atoms in total. The van der Waals surface area contributed by atoms with Crippen LogP contribution < -0.4 is 5.32 Å². The van der Waals surface area contributed by atoms with E-state index in [4.69, 9.17) is 4.52 Å². The largest absolute Gasteiger partial charge is 0.339 e. The molecule has 0 spiro atoms. The molecule has 0 amide bonds. The number of rotatable bonds is 3. The normalized spacial score (nSPS) is 19.5. The summed E-state index contributed by atoms with van der Waals surface area (Å²) >= 11 is 1.95. The summed E-state index contributed by atoms with van der Waals surface area (Å²) in [6.45, 7) is 2.88. The standard InChI is InChI=1S/C12H15N5OS/c1-8-13-3-2-10(15-8)12-16-11(18-17-12)6-9-7-19-5-4-14-9/h2-3,9,14H,4-7H2,1H3. The van der Waals surface area contributed by atoms with E-state index < -0.39 is 0 Å². The molecule has 0 bridgehead atoms. The molecule has 1 N–H and O–H groups in total. The molecule has 1 aliphatic heterocycles. The van der Waals surface area contributed by atoms with E-state index in [-0.39, 0.29) is 0 Å². The summed E-state index contributed by atoms with van der Waals surface area (Å²) in [5, 5.41) is 7.43. The predicted octanol–water partition coefficient (Wildman–Crippen LogP) is 1.08. The average Bonchev–Trinajstić information content (AvgIpc) is 2.88. The molecule has 3 heterocycles. The molecule has 1 saturated heterocycles.